The fraction of sp³-hybridized carbons (Fsp3) is 0.222. The lowest BCUT2D eigenvalue weighted by Gasteiger charge is -2.07. The van der Waals surface area contributed by atoms with Gasteiger partial charge in [-0.1, -0.05) is 28.1 Å². The zero-order valence-corrected chi connectivity index (χ0v) is 16.7. The van der Waals surface area contributed by atoms with Gasteiger partial charge in [0.1, 0.15) is 4.88 Å². The minimum atomic E-state index is -0.658. The third kappa shape index (κ3) is 6.30. The fourth-order valence-electron chi connectivity index (χ4n) is 2.06. The van der Waals surface area contributed by atoms with E-state index >= 15 is 0 Å². The van der Waals surface area contributed by atoms with Crippen LogP contribution in [0.1, 0.15) is 32.9 Å². The van der Waals surface area contributed by atoms with Gasteiger partial charge in [0.25, 0.3) is 5.91 Å². The van der Waals surface area contributed by atoms with E-state index in [1.54, 1.807) is 35.7 Å². The number of methoxy groups -OCH3 is 1. The third-order valence-electron chi connectivity index (χ3n) is 3.40. The number of benzene rings is 1. The molecule has 0 bridgehead atoms. The summed E-state index contributed by atoms with van der Waals surface area (Å²) in [6.45, 7) is -0.512. The molecule has 0 atom stereocenters. The molecule has 1 heterocycles. The van der Waals surface area contributed by atoms with Crippen molar-refractivity contribution in [2.45, 2.75) is 12.8 Å². The topological polar surface area (TPSA) is 98.8 Å². The summed E-state index contributed by atoms with van der Waals surface area (Å²) < 4.78 is 10.3. The van der Waals surface area contributed by atoms with Crippen LogP contribution in [-0.4, -0.2) is 37.3 Å². The van der Waals surface area contributed by atoms with Gasteiger partial charge in [0.05, 0.1) is 19.2 Å². The summed E-state index contributed by atoms with van der Waals surface area (Å²) in [5, 5.41) is 4.11. The van der Waals surface area contributed by atoms with Gasteiger partial charge in [0.2, 0.25) is 0 Å². The molecule has 0 fully saturated rings. The van der Waals surface area contributed by atoms with Crippen molar-refractivity contribution in [2.75, 3.05) is 19.0 Å². The molecule has 1 aromatic heterocycles. The lowest BCUT2D eigenvalue weighted by Crippen LogP contribution is -2.21. The Hall–Kier alpha value is -2.52. The first-order chi connectivity index (χ1) is 12.9. The highest BCUT2D eigenvalue weighted by Crippen LogP contribution is 2.23. The Morgan fingerprint density at radius 3 is 2.44 bits per heavy atom. The largest absolute Gasteiger partial charge is 0.465 e. The Morgan fingerprint density at radius 1 is 1.07 bits per heavy atom. The van der Waals surface area contributed by atoms with Gasteiger partial charge in [-0.15, -0.1) is 11.3 Å². The predicted octanol–water partition coefficient (Wildman–Crippen LogP) is 3.44. The van der Waals surface area contributed by atoms with Crippen molar-refractivity contribution in [3.63, 3.8) is 0 Å². The summed E-state index contributed by atoms with van der Waals surface area (Å²) >= 11 is 4.40. The van der Waals surface area contributed by atoms with Gasteiger partial charge < -0.3 is 14.8 Å². The number of carbonyl (C=O) groups is 4. The average molecular weight is 454 g/mol. The van der Waals surface area contributed by atoms with E-state index in [9.17, 15) is 19.2 Å². The Bertz CT molecular complexity index is 846. The molecule has 0 aliphatic carbocycles. The number of Topliss-reactive ketones (excluding diaryl/α,β-unsaturated/α-hetero) is 1. The quantitative estimate of drug-likeness (QED) is 0.485. The monoisotopic (exact) mass is 453 g/mol. The lowest BCUT2D eigenvalue weighted by molar-refractivity contribution is -0.147. The molecular formula is C18H16BrNO6S. The van der Waals surface area contributed by atoms with E-state index in [4.69, 9.17) is 4.74 Å². The number of halogens is 1. The summed E-state index contributed by atoms with van der Waals surface area (Å²) in [4.78, 5) is 47.4. The highest BCUT2D eigenvalue weighted by Gasteiger charge is 2.17. The molecule has 0 spiro atoms. The number of ether oxygens (including phenoxy) is 2. The van der Waals surface area contributed by atoms with Crippen LogP contribution in [0.5, 0.6) is 0 Å². The van der Waals surface area contributed by atoms with Crippen LogP contribution in [-0.2, 0) is 19.1 Å². The number of hydrogen-bond acceptors (Lipinski definition) is 7. The van der Waals surface area contributed by atoms with Crippen molar-refractivity contribution in [2.24, 2.45) is 0 Å². The van der Waals surface area contributed by atoms with Crippen molar-refractivity contribution in [3.8, 4) is 0 Å². The Morgan fingerprint density at radius 2 is 1.78 bits per heavy atom. The van der Waals surface area contributed by atoms with Crippen LogP contribution in [0.4, 0.5) is 5.69 Å². The number of esters is 2. The normalized spacial score (nSPS) is 10.1. The van der Waals surface area contributed by atoms with Gasteiger partial charge in [-0.05, 0) is 23.6 Å². The number of ketones is 1. The van der Waals surface area contributed by atoms with Crippen LogP contribution >= 0.6 is 27.3 Å². The van der Waals surface area contributed by atoms with Crippen molar-refractivity contribution in [1.82, 2.24) is 0 Å². The van der Waals surface area contributed by atoms with Crippen molar-refractivity contribution < 1.29 is 28.7 Å². The van der Waals surface area contributed by atoms with Crippen molar-refractivity contribution >= 4 is 56.6 Å². The third-order valence-corrected chi connectivity index (χ3v) is 4.82. The van der Waals surface area contributed by atoms with Crippen molar-refractivity contribution in [3.05, 3.63) is 50.6 Å². The molecule has 2 aromatic rings. The number of thiophene rings is 1. The lowest BCUT2D eigenvalue weighted by atomic mass is 10.1. The molecule has 0 aliphatic rings. The smallest absolute Gasteiger partial charge is 0.350 e. The zero-order chi connectivity index (χ0) is 19.8. The molecule has 1 N–H and O–H groups in total. The second-order valence-electron chi connectivity index (χ2n) is 5.29. The first-order valence-electron chi connectivity index (χ1n) is 7.80. The van der Waals surface area contributed by atoms with E-state index < -0.39 is 24.5 Å². The molecule has 0 saturated heterocycles. The fourth-order valence-corrected chi connectivity index (χ4v) is 3.09. The van der Waals surface area contributed by atoms with Gasteiger partial charge in [0, 0.05) is 16.5 Å². The SMILES string of the molecule is COC(=O)c1sccc1NC(=O)COC(=O)CCC(=O)c1ccc(Br)cc1. The number of rotatable bonds is 8. The molecule has 0 radical (unpaired) electrons. The standard InChI is InChI=1S/C18H16BrNO6S/c1-25-18(24)17-13(8-9-27-17)20-15(22)10-26-16(23)7-6-14(21)11-2-4-12(19)5-3-11/h2-5,8-9H,6-7,10H2,1H3,(H,20,22). The van der Waals surface area contributed by atoms with Gasteiger partial charge in [-0.25, -0.2) is 4.79 Å². The molecule has 1 aromatic carbocycles. The molecule has 0 saturated carbocycles. The van der Waals surface area contributed by atoms with Gasteiger partial charge >= 0.3 is 11.9 Å². The van der Waals surface area contributed by atoms with E-state index in [0.717, 1.165) is 15.8 Å². The van der Waals surface area contributed by atoms with E-state index in [1.165, 1.54) is 7.11 Å². The first kappa shape index (κ1) is 20.8. The Kier molecular flexibility index (Phi) is 7.68. The molecule has 0 aliphatic heterocycles. The maximum Gasteiger partial charge on any atom is 0.350 e. The van der Waals surface area contributed by atoms with E-state index in [1.807, 2.05) is 0 Å². The highest BCUT2D eigenvalue weighted by atomic mass is 79.9. The molecule has 0 unspecified atom stereocenters. The summed E-state index contributed by atoms with van der Waals surface area (Å²) in [5.74, 6) is -2.01. The zero-order valence-electron chi connectivity index (χ0n) is 14.3. The molecule has 142 valence electrons. The molecule has 9 heteroatoms. The van der Waals surface area contributed by atoms with E-state index in [0.29, 0.717) is 11.3 Å². The minimum Gasteiger partial charge on any atom is -0.465 e. The number of nitrogens with one attached hydrogen (secondary N) is 1. The van der Waals surface area contributed by atoms with Crippen LogP contribution in [0, 0.1) is 0 Å². The molecular weight excluding hydrogens is 438 g/mol. The van der Waals surface area contributed by atoms with Crippen LogP contribution in [0.25, 0.3) is 0 Å². The van der Waals surface area contributed by atoms with Crippen LogP contribution in [0.2, 0.25) is 0 Å². The van der Waals surface area contributed by atoms with Crippen LogP contribution < -0.4 is 5.32 Å². The Labute approximate surface area is 167 Å². The number of amides is 1. The van der Waals surface area contributed by atoms with Crippen molar-refractivity contribution in [1.29, 1.82) is 0 Å². The highest BCUT2D eigenvalue weighted by molar-refractivity contribution is 9.10. The summed E-state index contributed by atoms with van der Waals surface area (Å²) in [5.41, 5.74) is 0.787. The number of carbonyl (C=O) groups excluding carboxylic acids is 4. The average Bonchev–Trinajstić information content (AvgIpc) is 3.12. The second kappa shape index (κ2) is 9.98. The first-order valence-corrected chi connectivity index (χ1v) is 9.48. The second-order valence-corrected chi connectivity index (χ2v) is 7.13. The van der Waals surface area contributed by atoms with Gasteiger partial charge in [-0.2, -0.15) is 0 Å². The van der Waals surface area contributed by atoms with E-state index in [2.05, 4.69) is 26.0 Å². The minimum absolute atomic E-state index is 0.0148. The van der Waals surface area contributed by atoms with E-state index in [-0.39, 0.29) is 23.5 Å². The van der Waals surface area contributed by atoms with Gasteiger partial charge in [0.15, 0.2) is 12.4 Å². The van der Waals surface area contributed by atoms with Crippen LogP contribution in [0.15, 0.2) is 40.2 Å². The number of anilines is 1. The molecule has 27 heavy (non-hydrogen) atoms. The predicted molar refractivity (Wildman–Crippen MR) is 103 cm³/mol. The maximum absolute atomic E-state index is 12.0. The number of hydrogen-bond donors (Lipinski definition) is 1. The van der Waals surface area contributed by atoms with Crippen LogP contribution in [0.3, 0.4) is 0 Å². The summed E-state index contributed by atoms with van der Waals surface area (Å²) in [6, 6.07) is 8.34. The maximum atomic E-state index is 12.0. The molecule has 7 nitrogen and oxygen atoms in total. The van der Waals surface area contributed by atoms with Gasteiger partial charge in [-0.3, -0.25) is 14.4 Å². The Balaban J connectivity index is 1.76. The molecule has 1 amide bonds. The molecule has 2 rings (SSSR count). The summed E-state index contributed by atoms with van der Waals surface area (Å²) in [7, 11) is 1.24. The summed E-state index contributed by atoms with van der Waals surface area (Å²) in [6.07, 6.45) is -0.146.